The zero-order valence-electron chi connectivity index (χ0n) is 13.0. The van der Waals surface area contributed by atoms with Gasteiger partial charge in [-0.1, -0.05) is 51.0 Å². The molecule has 0 aliphatic heterocycles. The maximum absolute atomic E-state index is 6.07. The van der Waals surface area contributed by atoms with Crippen LogP contribution in [-0.2, 0) is 17.8 Å². The van der Waals surface area contributed by atoms with E-state index in [0.717, 1.165) is 32.0 Å². The molecule has 1 N–H and O–H groups in total. The lowest BCUT2D eigenvalue weighted by molar-refractivity contribution is 0.00466. The first-order valence-corrected chi connectivity index (χ1v) is 8.18. The largest absolute Gasteiger partial charge is 0.374 e. The van der Waals surface area contributed by atoms with Crippen LogP contribution in [0.1, 0.15) is 50.7 Å². The number of likely N-dealkylation sites (N-methyl/N-ethyl adjacent to an activating group) is 1. The van der Waals surface area contributed by atoms with Crippen molar-refractivity contribution in [2.24, 2.45) is 5.92 Å². The topological polar surface area (TPSA) is 21.3 Å². The van der Waals surface area contributed by atoms with E-state index < -0.39 is 0 Å². The number of rotatable bonds is 7. The third-order valence-corrected chi connectivity index (χ3v) is 4.24. The second-order valence-electron chi connectivity index (χ2n) is 6.12. The lowest BCUT2D eigenvalue weighted by Gasteiger charge is -2.26. The Kier molecular flexibility index (Phi) is 6.55. The second kappa shape index (κ2) is 8.43. The molecule has 2 atom stereocenters. The minimum Gasteiger partial charge on any atom is -0.374 e. The Hall–Kier alpha value is -0.860. The molecule has 2 heteroatoms. The highest BCUT2D eigenvalue weighted by Crippen LogP contribution is 2.26. The van der Waals surface area contributed by atoms with E-state index in [-0.39, 0.29) is 0 Å². The van der Waals surface area contributed by atoms with Crippen molar-refractivity contribution >= 4 is 0 Å². The van der Waals surface area contributed by atoms with Gasteiger partial charge >= 0.3 is 0 Å². The molecule has 2 nitrogen and oxygen atoms in total. The number of benzene rings is 1. The molecular formula is C18H29NO. The van der Waals surface area contributed by atoms with Crippen LogP contribution in [-0.4, -0.2) is 19.2 Å². The average Bonchev–Trinajstić information content (AvgIpc) is 2.47. The Bertz CT molecular complexity index is 374. The van der Waals surface area contributed by atoms with Gasteiger partial charge in [0.2, 0.25) is 0 Å². The molecule has 1 aromatic carbocycles. The number of ether oxygens (including phenoxy) is 1. The molecule has 2 rings (SSSR count). The van der Waals surface area contributed by atoms with Crippen LogP contribution >= 0.6 is 0 Å². The lowest BCUT2D eigenvalue weighted by atomic mass is 9.89. The fourth-order valence-electron chi connectivity index (χ4n) is 2.96. The average molecular weight is 275 g/mol. The zero-order valence-corrected chi connectivity index (χ0v) is 13.0. The Balaban J connectivity index is 1.73. The van der Waals surface area contributed by atoms with Gasteiger partial charge in [0.1, 0.15) is 0 Å². The number of hydrogen-bond acceptors (Lipinski definition) is 2. The Morgan fingerprint density at radius 1 is 1.15 bits per heavy atom. The predicted molar refractivity (Wildman–Crippen MR) is 84.9 cm³/mol. The van der Waals surface area contributed by atoms with Crippen molar-refractivity contribution in [3.05, 3.63) is 35.4 Å². The molecule has 0 spiro atoms. The minimum absolute atomic E-state index is 0.479. The van der Waals surface area contributed by atoms with Crippen molar-refractivity contribution in [1.82, 2.24) is 5.32 Å². The molecule has 112 valence electrons. The quantitative estimate of drug-likeness (QED) is 0.761. The molecule has 1 aromatic rings. The summed E-state index contributed by atoms with van der Waals surface area (Å²) in [5.41, 5.74) is 2.71. The second-order valence-corrected chi connectivity index (χ2v) is 6.12. The van der Waals surface area contributed by atoms with E-state index in [1.165, 1.54) is 36.8 Å². The van der Waals surface area contributed by atoms with Crippen LogP contribution in [0.2, 0.25) is 0 Å². The number of hydrogen-bond donors (Lipinski definition) is 1. The van der Waals surface area contributed by atoms with Crippen molar-refractivity contribution in [2.75, 3.05) is 13.1 Å². The standard InChI is InChI=1S/C18H29NO/c1-3-19-12-11-16-7-9-17(10-8-16)14-20-18-6-4-5-15(2)13-18/h7-10,15,18-19H,3-6,11-14H2,1-2H3. The van der Waals surface area contributed by atoms with Gasteiger partial charge < -0.3 is 10.1 Å². The summed E-state index contributed by atoms with van der Waals surface area (Å²) in [6.45, 7) is 7.37. The summed E-state index contributed by atoms with van der Waals surface area (Å²) in [5.74, 6) is 0.835. The van der Waals surface area contributed by atoms with Gasteiger partial charge in [-0.3, -0.25) is 0 Å². The molecular weight excluding hydrogens is 246 g/mol. The lowest BCUT2D eigenvalue weighted by Crippen LogP contribution is -2.21. The summed E-state index contributed by atoms with van der Waals surface area (Å²) >= 11 is 0. The van der Waals surface area contributed by atoms with Crippen LogP contribution in [0.5, 0.6) is 0 Å². The van der Waals surface area contributed by atoms with Crippen LogP contribution in [0.3, 0.4) is 0 Å². The summed E-state index contributed by atoms with van der Waals surface area (Å²) in [5, 5.41) is 3.36. The third kappa shape index (κ3) is 5.26. The summed E-state index contributed by atoms with van der Waals surface area (Å²) in [7, 11) is 0. The third-order valence-electron chi connectivity index (χ3n) is 4.24. The van der Waals surface area contributed by atoms with Crippen molar-refractivity contribution in [1.29, 1.82) is 0 Å². The molecule has 1 saturated carbocycles. The van der Waals surface area contributed by atoms with E-state index in [1.807, 2.05) is 0 Å². The molecule has 20 heavy (non-hydrogen) atoms. The first kappa shape index (κ1) is 15.5. The Labute approximate surface area is 123 Å². The van der Waals surface area contributed by atoms with E-state index >= 15 is 0 Å². The molecule has 1 fully saturated rings. The van der Waals surface area contributed by atoms with Gasteiger partial charge in [-0.2, -0.15) is 0 Å². The first-order valence-electron chi connectivity index (χ1n) is 8.18. The zero-order chi connectivity index (χ0) is 14.2. The van der Waals surface area contributed by atoms with E-state index in [4.69, 9.17) is 4.74 Å². The fourth-order valence-corrected chi connectivity index (χ4v) is 2.96. The Morgan fingerprint density at radius 2 is 1.90 bits per heavy atom. The van der Waals surface area contributed by atoms with Crippen molar-refractivity contribution in [2.45, 2.75) is 58.7 Å². The van der Waals surface area contributed by atoms with Gasteiger partial charge in [-0.05, 0) is 49.4 Å². The maximum Gasteiger partial charge on any atom is 0.0720 e. The van der Waals surface area contributed by atoms with Gasteiger partial charge in [0, 0.05) is 0 Å². The van der Waals surface area contributed by atoms with Crippen LogP contribution in [0, 0.1) is 5.92 Å². The molecule has 1 aliphatic rings. The van der Waals surface area contributed by atoms with Gasteiger partial charge in [-0.15, -0.1) is 0 Å². The van der Waals surface area contributed by atoms with Gasteiger partial charge in [0.25, 0.3) is 0 Å². The first-order chi connectivity index (χ1) is 9.78. The molecule has 1 aliphatic carbocycles. The maximum atomic E-state index is 6.07. The van der Waals surface area contributed by atoms with Crippen LogP contribution in [0.25, 0.3) is 0 Å². The van der Waals surface area contributed by atoms with E-state index in [0.29, 0.717) is 6.10 Å². The van der Waals surface area contributed by atoms with Gasteiger partial charge in [0.15, 0.2) is 0 Å². The van der Waals surface area contributed by atoms with E-state index in [9.17, 15) is 0 Å². The van der Waals surface area contributed by atoms with Crippen LogP contribution in [0.15, 0.2) is 24.3 Å². The normalized spacial score (nSPS) is 22.9. The Morgan fingerprint density at radius 3 is 2.60 bits per heavy atom. The summed E-state index contributed by atoms with van der Waals surface area (Å²) in [4.78, 5) is 0. The monoisotopic (exact) mass is 275 g/mol. The van der Waals surface area contributed by atoms with E-state index in [1.54, 1.807) is 0 Å². The highest BCUT2D eigenvalue weighted by Gasteiger charge is 2.19. The van der Waals surface area contributed by atoms with Crippen molar-refractivity contribution < 1.29 is 4.74 Å². The van der Waals surface area contributed by atoms with Gasteiger partial charge in [-0.25, -0.2) is 0 Å². The highest BCUT2D eigenvalue weighted by atomic mass is 16.5. The van der Waals surface area contributed by atoms with Crippen molar-refractivity contribution in [3.63, 3.8) is 0 Å². The fraction of sp³-hybridized carbons (Fsp3) is 0.667. The molecule has 0 amide bonds. The molecule has 0 aromatic heterocycles. The SMILES string of the molecule is CCNCCc1ccc(COC2CCCC(C)C2)cc1. The van der Waals surface area contributed by atoms with Crippen LogP contribution < -0.4 is 5.32 Å². The van der Waals surface area contributed by atoms with Crippen molar-refractivity contribution in [3.8, 4) is 0 Å². The molecule has 2 unspecified atom stereocenters. The molecule has 0 heterocycles. The predicted octanol–water partition coefficient (Wildman–Crippen LogP) is 3.93. The number of nitrogens with one attached hydrogen (secondary N) is 1. The molecule has 0 bridgehead atoms. The van der Waals surface area contributed by atoms with Crippen LogP contribution in [0.4, 0.5) is 0 Å². The highest BCUT2D eigenvalue weighted by molar-refractivity contribution is 5.22. The molecule has 0 saturated heterocycles. The van der Waals surface area contributed by atoms with Gasteiger partial charge in [0.05, 0.1) is 12.7 Å². The van der Waals surface area contributed by atoms with E-state index in [2.05, 4.69) is 43.4 Å². The summed E-state index contributed by atoms with van der Waals surface area (Å²) in [6, 6.07) is 8.90. The smallest absolute Gasteiger partial charge is 0.0720 e. The summed E-state index contributed by atoms with van der Waals surface area (Å²) in [6.07, 6.45) is 6.77. The summed E-state index contributed by atoms with van der Waals surface area (Å²) < 4.78 is 6.07. The minimum atomic E-state index is 0.479. The molecule has 0 radical (unpaired) electrons.